The van der Waals surface area contributed by atoms with Crippen molar-refractivity contribution in [1.29, 1.82) is 0 Å². The third kappa shape index (κ3) is 3.49. The number of alkyl carbamates (subject to hydrolysis) is 1. The number of hydrogen-bond donors (Lipinski definition) is 1. The van der Waals surface area contributed by atoms with Gasteiger partial charge >= 0.3 is 6.09 Å². The van der Waals surface area contributed by atoms with E-state index in [1.807, 2.05) is 18.2 Å². The van der Waals surface area contributed by atoms with E-state index >= 15 is 0 Å². The summed E-state index contributed by atoms with van der Waals surface area (Å²) < 4.78 is 5.34. The zero-order chi connectivity index (χ0) is 12.8. The first-order chi connectivity index (χ1) is 8.79. The molecule has 0 radical (unpaired) electrons. The Kier molecular flexibility index (Phi) is 4.62. The van der Waals surface area contributed by atoms with Crippen molar-refractivity contribution >= 4 is 6.09 Å². The maximum Gasteiger partial charge on any atom is 0.407 e. The molecule has 1 fully saturated rings. The molecule has 0 bridgehead atoms. The molecule has 3 heteroatoms. The number of aryl methyl sites for hydroxylation is 1. The third-order valence-electron chi connectivity index (χ3n) is 3.44. The van der Waals surface area contributed by atoms with Gasteiger partial charge in [-0.05, 0) is 24.8 Å². The summed E-state index contributed by atoms with van der Waals surface area (Å²) in [5.41, 5.74) is 1.30. The zero-order valence-electron chi connectivity index (χ0n) is 10.9. The highest BCUT2D eigenvalue weighted by Gasteiger charge is 2.32. The molecule has 1 aliphatic heterocycles. The molecule has 0 aliphatic carbocycles. The fraction of sp³-hybridized carbons (Fsp3) is 0.533. The summed E-state index contributed by atoms with van der Waals surface area (Å²) in [6.07, 6.45) is 4.94. The average molecular weight is 247 g/mol. The number of unbranched alkanes of at least 4 members (excludes halogenated alkanes) is 1. The predicted molar refractivity (Wildman–Crippen MR) is 71.5 cm³/mol. The van der Waals surface area contributed by atoms with Gasteiger partial charge < -0.3 is 10.1 Å². The molecule has 1 N–H and O–H groups in total. The summed E-state index contributed by atoms with van der Waals surface area (Å²) in [6.45, 7) is 2.16. The zero-order valence-corrected chi connectivity index (χ0v) is 10.9. The normalized spacial score (nSPS) is 22.6. The van der Waals surface area contributed by atoms with Crippen molar-refractivity contribution in [2.24, 2.45) is 0 Å². The molecular weight excluding hydrogens is 226 g/mol. The van der Waals surface area contributed by atoms with Crippen LogP contribution in [-0.2, 0) is 11.2 Å². The smallest absolute Gasteiger partial charge is 0.407 e. The molecule has 0 saturated carbocycles. The van der Waals surface area contributed by atoms with E-state index in [2.05, 4.69) is 24.4 Å². The van der Waals surface area contributed by atoms with E-state index in [0.29, 0.717) is 0 Å². The van der Waals surface area contributed by atoms with Gasteiger partial charge in [0.2, 0.25) is 0 Å². The Balaban J connectivity index is 1.85. The number of benzene rings is 1. The highest BCUT2D eigenvalue weighted by molar-refractivity contribution is 5.70. The molecule has 3 nitrogen and oxygen atoms in total. The van der Waals surface area contributed by atoms with E-state index in [0.717, 1.165) is 32.1 Å². The van der Waals surface area contributed by atoms with Crippen LogP contribution in [0.1, 0.15) is 38.2 Å². The molecule has 1 amide bonds. The SMILES string of the molecule is CCCC[C@H]1NC(=O)O[C@H]1CCc1ccccc1. The lowest BCUT2D eigenvalue weighted by molar-refractivity contribution is 0.124. The Morgan fingerprint density at radius 3 is 2.72 bits per heavy atom. The van der Waals surface area contributed by atoms with Gasteiger partial charge in [0.05, 0.1) is 6.04 Å². The second-order valence-corrected chi connectivity index (χ2v) is 4.86. The van der Waals surface area contributed by atoms with Gasteiger partial charge in [0.25, 0.3) is 0 Å². The first-order valence-electron chi connectivity index (χ1n) is 6.80. The predicted octanol–water partition coefficient (Wildman–Crippen LogP) is 3.29. The number of hydrogen-bond acceptors (Lipinski definition) is 2. The largest absolute Gasteiger partial charge is 0.444 e. The van der Waals surface area contributed by atoms with Crippen LogP contribution in [0.3, 0.4) is 0 Å². The second-order valence-electron chi connectivity index (χ2n) is 4.86. The quantitative estimate of drug-likeness (QED) is 0.837. The Morgan fingerprint density at radius 2 is 2.00 bits per heavy atom. The van der Waals surface area contributed by atoms with Crippen LogP contribution >= 0.6 is 0 Å². The van der Waals surface area contributed by atoms with Gasteiger partial charge in [-0.1, -0.05) is 50.1 Å². The van der Waals surface area contributed by atoms with Crippen molar-refractivity contribution < 1.29 is 9.53 Å². The van der Waals surface area contributed by atoms with Crippen molar-refractivity contribution in [3.8, 4) is 0 Å². The maximum atomic E-state index is 11.3. The van der Waals surface area contributed by atoms with Gasteiger partial charge in [-0.15, -0.1) is 0 Å². The van der Waals surface area contributed by atoms with Gasteiger partial charge in [-0.2, -0.15) is 0 Å². The fourth-order valence-corrected chi connectivity index (χ4v) is 2.39. The number of carbonyl (C=O) groups excluding carboxylic acids is 1. The highest BCUT2D eigenvalue weighted by atomic mass is 16.6. The Morgan fingerprint density at radius 1 is 1.22 bits per heavy atom. The van der Waals surface area contributed by atoms with Crippen molar-refractivity contribution in [2.45, 2.75) is 51.2 Å². The molecule has 2 rings (SSSR count). The Hall–Kier alpha value is -1.51. The number of rotatable bonds is 6. The molecule has 2 atom stereocenters. The third-order valence-corrected chi connectivity index (χ3v) is 3.44. The van der Waals surface area contributed by atoms with Crippen LogP contribution in [0, 0.1) is 0 Å². The van der Waals surface area contributed by atoms with Crippen LogP contribution in [0.4, 0.5) is 4.79 Å². The summed E-state index contributed by atoms with van der Waals surface area (Å²) in [5, 5.41) is 2.91. The van der Waals surface area contributed by atoms with E-state index in [9.17, 15) is 4.79 Å². The number of cyclic esters (lactones) is 1. The molecule has 1 aromatic rings. The molecule has 0 unspecified atom stereocenters. The molecule has 98 valence electrons. The monoisotopic (exact) mass is 247 g/mol. The van der Waals surface area contributed by atoms with Crippen LogP contribution in [0.2, 0.25) is 0 Å². The number of carbonyl (C=O) groups is 1. The van der Waals surface area contributed by atoms with Crippen molar-refractivity contribution in [2.75, 3.05) is 0 Å². The standard InChI is InChI=1S/C15H21NO2/c1-2-3-9-13-14(18-15(17)16-13)11-10-12-7-5-4-6-8-12/h4-8,13-14H,2-3,9-11H2,1H3,(H,16,17)/t13-,14+/m1/s1. The fourth-order valence-electron chi connectivity index (χ4n) is 2.39. The molecular formula is C15H21NO2. The van der Waals surface area contributed by atoms with E-state index in [1.54, 1.807) is 0 Å². The summed E-state index contributed by atoms with van der Waals surface area (Å²) in [4.78, 5) is 11.3. The minimum atomic E-state index is -0.255. The summed E-state index contributed by atoms with van der Waals surface area (Å²) in [5.74, 6) is 0. The van der Waals surface area contributed by atoms with Crippen LogP contribution in [0.5, 0.6) is 0 Å². The van der Waals surface area contributed by atoms with E-state index in [4.69, 9.17) is 4.74 Å². The average Bonchev–Trinajstić information content (AvgIpc) is 2.75. The van der Waals surface area contributed by atoms with Crippen LogP contribution in [0.15, 0.2) is 30.3 Å². The summed E-state index contributed by atoms with van der Waals surface area (Å²) in [7, 11) is 0. The first-order valence-corrected chi connectivity index (χ1v) is 6.80. The van der Waals surface area contributed by atoms with Crippen LogP contribution in [0.25, 0.3) is 0 Å². The molecule has 0 spiro atoms. The first kappa shape index (κ1) is 12.9. The lowest BCUT2D eigenvalue weighted by atomic mass is 9.99. The summed E-state index contributed by atoms with van der Waals surface area (Å²) in [6, 6.07) is 10.5. The van der Waals surface area contributed by atoms with Gasteiger partial charge in [0, 0.05) is 0 Å². The molecule has 1 aliphatic rings. The van der Waals surface area contributed by atoms with Gasteiger partial charge in [0.1, 0.15) is 6.10 Å². The molecule has 1 saturated heterocycles. The lowest BCUT2D eigenvalue weighted by Gasteiger charge is -2.16. The lowest BCUT2D eigenvalue weighted by Crippen LogP contribution is -2.31. The number of nitrogens with one attached hydrogen (secondary N) is 1. The van der Waals surface area contributed by atoms with E-state index in [-0.39, 0.29) is 18.2 Å². The van der Waals surface area contributed by atoms with Crippen molar-refractivity contribution in [3.63, 3.8) is 0 Å². The number of ether oxygens (including phenoxy) is 1. The summed E-state index contributed by atoms with van der Waals surface area (Å²) >= 11 is 0. The molecule has 1 heterocycles. The van der Waals surface area contributed by atoms with E-state index < -0.39 is 0 Å². The minimum Gasteiger partial charge on any atom is -0.444 e. The van der Waals surface area contributed by atoms with Gasteiger partial charge in [-0.3, -0.25) is 0 Å². The molecule has 0 aromatic heterocycles. The second kappa shape index (κ2) is 6.43. The van der Waals surface area contributed by atoms with Crippen molar-refractivity contribution in [1.82, 2.24) is 5.32 Å². The Bertz CT molecular complexity index is 377. The number of amides is 1. The molecule has 18 heavy (non-hydrogen) atoms. The van der Waals surface area contributed by atoms with Crippen molar-refractivity contribution in [3.05, 3.63) is 35.9 Å². The Labute approximate surface area is 109 Å². The van der Waals surface area contributed by atoms with Crippen LogP contribution < -0.4 is 5.32 Å². The maximum absolute atomic E-state index is 11.3. The van der Waals surface area contributed by atoms with Gasteiger partial charge in [-0.25, -0.2) is 4.79 Å². The molecule has 1 aromatic carbocycles. The van der Waals surface area contributed by atoms with E-state index in [1.165, 1.54) is 5.56 Å². The topological polar surface area (TPSA) is 38.3 Å². The minimum absolute atomic E-state index is 0.0317. The van der Waals surface area contributed by atoms with Gasteiger partial charge in [0.15, 0.2) is 0 Å². The van der Waals surface area contributed by atoms with Crippen LogP contribution in [-0.4, -0.2) is 18.2 Å². The highest BCUT2D eigenvalue weighted by Crippen LogP contribution is 2.19.